The second-order valence-electron chi connectivity index (χ2n) is 1.21. The Hall–Kier alpha value is -0.200. The van der Waals surface area contributed by atoms with Gasteiger partial charge in [0.05, 0.1) is 0 Å². The van der Waals surface area contributed by atoms with Crippen LogP contribution in [0.4, 0.5) is 4.79 Å². The average Bonchev–Trinajstić information content (AvgIpc) is 1.58. The summed E-state index contributed by atoms with van der Waals surface area (Å²) in [5.41, 5.74) is 0. The maximum atomic E-state index is 9.49. The molecule has 0 bridgehead atoms. The zero-order valence-electron chi connectivity index (χ0n) is 5.54. The van der Waals surface area contributed by atoms with Gasteiger partial charge in [-0.15, -0.1) is 0 Å². The summed E-state index contributed by atoms with van der Waals surface area (Å²) in [5, 5.41) is 9.93. The molecule has 0 radical (unpaired) electrons. The molecule has 0 saturated carbocycles. The molecule has 1 amide bonds. The third-order valence-corrected chi connectivity index (χ3v) is 0.328. The van der Waals surface area contributed by atoms with E-state index in [0.717, 1.165) is 0 Å². The monoisotopic (exact) mass is 223 g/mol. The molecule has 0 aliphatic carbocycles. The van der Waals surface area contributed by atoms with Gasteiger partial charge >= 0.3 is 14.4 Å². The third kappa shape index (κ3) is 76.1. The van der Waals surface area contributed by atoms with Crippen LogP contribution >= 0.6 is 21.4 Å². The first-order valence-electron chi connectivity index (χ1n) is 2.38. The first kappa shape index (κ1) is 13.4. The predicted molar refractivity (Wildman–Crippen MR) is 42.3 cm³/mol. The smallest absolute Gasteiger partial charge is 0.404 e. The molecule has 0 fully saturated rings. The molecule has 0 heterocycles. The van der Waals surface area contributed by atoms with Crippen molar-refractivity contribution >= 4 is 35.7 Å². The lowest BCUT2D eigenvalue weighted by Gasteiger charge is -1.87. The Morgan fingerprint density at radius 1 is 1.55 bits per heavy atom. The van der Waals surface area contributed by atoms with E-state index in [4.69, 9.17) is 13.5 Å². The Morgan fingerprint density at radius 3 is 1.82 bits per heavy atom. The minimum absolute atomic E-state index is 0.481. The number of hydrogen-bond acceptors (Lipinski definition) is 3. The highest BCUT2D eigenvalue weighted by molar-refractivity contribution is 8.31. The lowest BCUT2D eigenvalue weighted by molar-refractivity contribution is 0.195. The highest BCUT2D eigenvalue weighted by Crippen LogP contribution is 1.98. The van der Waals surface area contributed by atoms with Crippen LogP contribution in [0, 0.1) is 0 Å². The molecule has 0 aromatic heterocycles. The number of carbonyl (C=O) groups is 1. The highest BCUT2D eigenvalue weighted by atomic mass is 36.0. The Labute approximate surface area is 73.2 Å². The van der Waals surface area contributed by atoms with E-state index in [0.29, 0.717) is 6.54 Å². The Bertz CT molecular complexity index is 193. The van der Waals surface area contributed by atoms with E-state index in [-0.39, 0.29) is 0 Å². The molecule has 11 heavy (non-hydrogen) atoms. The van der Waals surface area contributed by atoms with E-state index in [1.807, 2.05) is 0 Å². The van der Waals surface area contributed by atoms with Crippen LogP contribution in [-0.2, 0) is 8.26 Å². The molecule has 0 aromatic rings. The van der Waals surface area contributed by atoms with Crippen molar-refractivity contribution in [3.05, 3.63) is 0 Å². The summed E-state index contributed by atoms with van der Waals surface area (Å²) in [7, 11) is 4.81. The van der Waals surface area contributed by atoms with Crippen molar-refractivity contribution in [2.75, 3.05) is 6.54 Å². The molecule has 8 heteroatoms. The van der Waals surface area contributed by atoms with Gasteiger partial charge in [-0.3, -0.25) is 0 Å². The minimum atomic E-state index is -3.72. The van der Waals surface area contributed by atoms with Crippen LogP contribution in [0.15, 0.2) is 0 Å². The fourth-order valence-corrected chi connectivity index (χ4v) is 0.151. The molecule has 2 N–H and O–H groups in total. The van der Waals surface area contributed by atoms with Crippen LogP contribution in [0.25, 0.3) is 0 Å². The normalized spacial score (nSPS) is 9.36. The molecular formula is C3H7Cl2NO4S. The third-order valence-electron chi connectivity index (χ3n) is 0.328. The second-order valence-corrected chi connectivity index (χ2v) is 4.88. The van der Waals surface area contributed by atoms with Crippen molar-refractivity contribution in [2.24, 2.45) is 0 Å². The van der Waals surface area contributed by atoms with Crippen LogP contribution in [-0.4, -0.2) is 26.2 Å². The number of halogens is 2. The molecule has 0 aliphatic rings. The van der Waals surface area contributed by atoms with E-state index < -0.39 is 14.4 Å². The molecule has 5 nitrogen and oxygen atoms in total. The van der Waals surface area contributed by atoms with Gasteiger partial charge in [0.15, 0.2) is 0 Å². The lowest BCUT2D eigenvalue weighted by Crippen LogP contribution is -2.19. The van der Waals surface area contributed by atoms with Crippen molar-refractivity contribution in [1.82, 2.24) is 5.32 Å². The van der Waals surface area contributed by atoms with Gasteiger partial charge in [-0.25, -0.2) is 4.79 Å². The van der Waals surface area contributed by atoms with Crippen molar-refractivity contribution < 1.29 is 18.3 Å². The highest BCUT2D eigenvalue weighted by Gasteiger charge is 1.88. The number of rotatable bonds is 1. The Morgan fingerprint density at radius 2 is 1.82 bits per heavy atom. The topological polar surface area (TPSA) is 83.5 Å². The molecule has 0 atom stereocenters. The SMILES string of the molecule is CCNC(=O)O.O=S(=O)(Cl)Cl. The van der Waals surface area contributed by atoms with Gasteiger partial charge in [0, 0.05) is 27.9 Å². The van der Waals surface area contributed by atoms with Gasteiger partial charge in [0.2, 0.25) is 0 Å². The van der Waals surface area contributed by atoms with E-state index in [1.165, 1.54) is 0 Å². The van der Waals surface area contributed by atoms with Gasteiger partial charge in [0.1, 0.15) is 0 Å². The standard InChI is InChI=1S/C3H7NO2.Cl2O2S/c1-2-4-3(5)6;1-5(2,3)4/h4H,2H2,1H3,(H,5,6);. The summed E-state index contributed by atoms with van der Waals surface area (Å²) in [6.45, 7) is 2.21. The summed E-state index contributed by atoms with van der Waals surface area (Å²) < 4.78 is 18.3. The summed E-state index contributed by atoms with van der Waals surface area (Å²) in [5.74, 6) is 0. The van der Waals surface area contributed by atoms with Crippen LogP contribution in [0.1, 0.15) is 6.92 Å². The van der Waals surface area contributed by atoms with Crippen molar-refractivity contribution in [2.45, 2.75) is 6.92 Å². The first-order valence-corrected chi connectivity index (χ1v) is 5.52. The summed E-state index contributed by atoms with van der Waals surface area (Å²) >= 11 is 0. The summed E-state index contributed by atoms with van der Waals surface area (Å²) in [4.78, 5) is 9.49. The van der Waals surface area contributed by atoms with Crippen molar-refractivity contribution in [1.29, 1.82) is 0 Å². The number of amides is 1. The van der Waals surface area contributed by atoms with Crippen molar-refractivity contribution in [3.63, 3.8) is 0 Å². The van der Waals surface area contributed by atoms with Gasteiger partial charge in [-0.2, -0.15) is 8.42 Å². The lowest BCUT2D eigenvalue weighted by atomic mass is 10.8. The Kier molecular flexibility index (Phi) is 7.92. The fourth-order valence-electron chi connectivity index (χ4n) is 0.151. The summed E-state index contributed by atoms with van der Waals surface area (Å²) in [6, 6.07) is 0. The molecule has 68 valence electrons. The van der Waals surface area contributed by atoms with Crippen molar-refractivity contribution in [3.8, 4) is 0 Å². The second kappa shape index (κ2) is 6.51. The predicted octanol–water partition coefficient (Wildman–Crippen LogP) is 0.983. The molecule has 0 saturated heterocycles. The number of nitrogens with one attached hydrogen (secondary N) is 1. The fraction of sp³-hybridized carbons (Fsp3) is 0.667. The summed E-state index contributed by atoms with van der Waals surface area (Å²) in [6.07, 6.45) is -0.961. The van der Waals surface area contributed by atoms with E-state index in [9.17, 15) is 4.79 Å². The zero-order valence-corrected chi connectivity index (χ0v) is 7.87. The van der Waals surface area contributed by atoms with Crippen LogP contribution in [0.5, 0.6) is 0 Å². The maximum Gasteiger partial charge on any atom is 0.404 e. The van der Waals surface area contributed by atoms with Gasteiger partial charge in [0.25, 0.3) is 0 Å². The quantitative estimate of drug-likeness (QED) is 0.650. The zero-order chi connectivity index (χ0) is 9.49. The molecular weight excluding hydrogens is 217 g/mol. The Balaban J connectivity index is 0. The van der Waals surface area contributed by atoms with E-state index >= 15 is 0 Å². The first-order chi connectivity index (χ1) is 4.77. The molecule has 0 spiro atoms. The van der Waals surface area contributed by atoms with Gasteiger partial charge in [-0.1, -0.05) is 0 Å². The largest absolute Gasteiger partial charge is 0.465 e. The van der Waals surface area contributed by atoms with Gasteiger partial charge in [-0.05, 0) is 6.92 Å². The minimum Gasteiger partial charge on any atom is -0.465 e. The molecule has 0 aliphatic heterocycles. The van der Waals surface area contributed by atoms with Crippen LogP contribution in [0.2, 0.25) is 0 Å². The van der Waals surface area contributed by atoms with Crippen LogP contribution < -0.4 is 5.32 Å². The van der Waals surface area contributed by atoms with E-state index in [2.05, 4.69) is 26.7 Å². The average molecular weight is 224 g/mol. The van der Waals surface area contributed by atoms with Crippen LogP contribution in [0.3, 0.4) is 0 Å². The van der Waals surface area contributed by atoms with E-state index in [1.54, 1.807) is 6.92 Å². The molecule has 0 aromatic carbocycles. The molecule has 0 unspecified atom stereocenters. The van der Waals surface area contributed by atoms with Gasteiger partial charge < -0.3 is 10.4 Å². The molecule has 0 rings (SSSR count). The number of hydrogen-bond donors (Lipinski definition) is 2. The number of carboxylic acid groups (broad SMARTS) is 1. The maximum absolute atomic E-state index is 9.49.